The summed E-state index contributed by atoms with van der Waals surface area (Å²) in [4.78, 5) is 3.87. The number of alkyl halides is 3. The number of hydrogen-bond acceptors (Lipinski definition) is 1. The standard InChI is InChI=1S/C13H18F3N3/c1-10-4-3-5-11(8-10)9-19-12(17-2)18-7-6-13(14,15)16/h3-5,8H,6-7,9H2,1-2H3,(H2,17,18,19). The molecule has 1 aromatic carbocycles. The molecule has 0 spiro atoms. The Bertz CT molecular complexity index is 427. The van der Waals surface area contributed by atoms with E-state index in [1.165, 1.54) is 7.05 Å². The third-order valence-electron chi connectivity index (χ3n) is 2.47. The number of nitrogens with one attached hydrogen (secondary N) is 2. The third kappa shape index (κ3) is 6.69. The second-order valence-corrected chi connectivity index (χ2v) is 4.21. The molecular formula is C13H18F3N3. The molecule has 1 rings (SSSR count). The normalized spacial score (nSPS) is 12.4. The number of halogens is 3. The van der Waals surface area contributed by atoms with E-state index < -0.39 is 12.6 Å². The first-order valence-corrected chi connectivity index (χ1v) is 5.97. The molecular weight excluding hydrogens is 255 g/mol. The van der Waals surface area contributed by atoms with Crippen molar-refractivity contribution < 1.29 is 13.2 Å². The van der Waals surface area contributed by atoms with Gasteiger partial charge >= 0.3 is 6.18 Å². The van der Waals surface area contributed by atoms with E-state index in [9.17, 15) is 13.2 Å². The van der Waals surface area contributed by atoms with Crippen LogP contribution >= 0.6 is 0 Å². The van der Waals surface area contributed by atoms with Gasteiger partial charge in [-0.05, 0) is 12.5 Å². The van der Waals surface area contributed by atoms with E-state index in [4.69, 9.17) is 0 Å². The lowest BCUT2D eigenvalue weighted by Gasteiger charge is -2.13. The summed E-state index contributed by atoms with van der Waals surface area (Å²) >= 11 is 0. The molecule has 0 aliphatic rings. The van der Waals surface area contributed by atoms with E-state index in [0.717, 1.165) is 11.1 Å². The van der Waals surface area contributed by atoms with Crippen LogP contribution in [-0.2, 0) is 6.54 Å². The number of aliphatic imine (C=N–C) groups is 1. The second kappa shape index (κ2) is 7.01. The minimum Gasteiger partial charge on any atom is -0.356 e. The van der Waals surface area contributed by atoms with Crippen molar-refractivity contribution in [2.45, 2.75) is 26.1 Å². The molecule has 0 aliphatic heterocycles. The average Bonchev–Trinajstić information content (AvgIpc) is 2.32. The van der Waals surface area contributed by atoms with Gasteiger partial charge in [-0.3, -0.25) is 4.99 Å². The largest absolute Gasteiger partial charge is 0.390 e. The quantitative estimate of drug-likeness (QED) is 0.653. The van der Waals surface area contributed by atoms with Gasteiger partial charge in [0, 0.05) is 20.1 Å². The average molecular weight is 273 g/mol. The van der Waals surface area contributed by atoms with Crippen molar-refractivity contribution in [3.05, 3.63) is 35.4 Å². The molecule has 0 radical (unpaired) electrons. The lowest BCUT2D eigenvalue weighted by molar-refractivity contribution is -0.132. The molecule has 0 atom stereocenters. The fraction of sp³-hybridized carbons (Fsp3) is 0.462. The summed E-state index contributed by atoms with van der Waals surface area (Å²) in [6.07, 6.45) is -5.03. The summed E-state index contributed by atoms with van der Waals surface area (Å²) in [7, 11) is 1.53. The smallest absolute Gasteiger partial charge is 0.356 e. The van der Waals surface area contributed by atoms with Gasteiger partial charge in [-0.2, -0.15) is 13.2 Å². The van der Waals surface area contributed by atoms with Gasteiger partial charge in [-0.15, -0.1) is 0 Å². The Morgan fingerprint density at radius 3 is 2.58 bits per heavy atom. The van der Waals surface area contributed by atoms with Gasteiger partial charge in [0.2, 0.25) is 0 Å². The van der Waals surface area contributed by atoms with E-state index in [1.807, 2.05) is 31.2 Å². The van der Waals surface area contributed by atoms with Crippen molar-refractivity contribution in [1.29, 1.82) is 0 Å². The second-order valence-electron chi connectivity index (χ2n) is 4.21. The zero-order valence-corrected chi connectivity index (χ0v) is 11.0. The number of hydrogen-bond donors (Lipinski definition) is 2. The van der Waals surface area contributed by atoms with Crippen molar-refractivity contribution in [2.24, 2.45) is 4.99 Å². The predicted octanol–water partition coefficient (Wildman–Crippen LogP) is 2.61. The fourth-order valence-electron chi connectivity index (χ4n) is 1.55. The lowest BCUT2D eigenvalue weighted by atomic mass is 10.1. The van der Waals surface area contributed by atoms with Crippen LogP contribution in [0.15, 0.2) is 29.3 Å². The topological polar surface area (TPSA) is 36.4 Å². The summed E-state index contributed by atoms with van der Waals surface area (Å²) in [6, 6.07) is 7.88. The number of aryl methyl sites for hydroxylation is 1. The lowest BCUT2D eigenvalue weighted by Crippen LogP contribution is -2.38. The van der Waals surface area contributed by atoms with Gasteiger partial charge in [0.1, 0.15) is 0 Å². The molecule has 0 amide bonds. The van der Waals surface area contributed by atoms with E-state index in [0.29, 0.717) is 12.5 Å². The molecule has 0 aromatic heterocycles. The molecule has 0 heterocycles. The maximum Gasteiger partial charge on any atom is 0.390 e. The molecule has 2 N–H and O–H groups in total. The predicted molar refractivity (Wildman–Crippen MR) is 70.1 cm³/mol. The number of rotatable bonds is 4. The van der Waals surface area contributed by atoms with Gasteiger partial charge in [-0.25, -0.2) is 0 Å². The molecule has 0 fully saturated rings. The minimum absolute atomic E-state index is 0.184. The molecule has 0 aliphatic carbocycles. The van der Waals surface area contributed by atoms with Crippen molar-refractivity contribution in [1.82, 2.24) is 10.6 Å². The van der Waals surface area contributed by atoms with Crippen LogP contribution in [0.5, 0.6) is 0 Å². The third-order valence-corrected chi connectivity index (χ3v) is 2.47. The van der Waals surface area contributed by atoms with Crippen molar-refractivity contribution in [2.75, 3.05) is 13.6 Å². The highest BCUT2D eigenvalue weighted by Gasteiger charge is 2.26. The van der Waals surface area contributed by atoms with Gasteiger partial charge < -0.3 is 10.6 Å². The molecule has 0 unspecified atom stereocenters. The highest BCUT2D eigenvalue weighted by molar-refractivity contribution is 5.79. The molecule has 0 saturated carbocycles. The number of benzene rings is 1. The highest BCUT2D eigenvalue weighted by Crippen LogP contribution is 2.18. The van der Waals surface area contributed by atoms with Crippen LogP contribution in [-0.4, -0.2) is 25.7 Å². The van der Waals surface area contributed by atoms with Crippen molar-refractivity contribution >= 4 is 5.96 Å². The van der Waals surface area contributed by atoms with Gasteiger partial charge in [0.05, 0.1) is 6.42 Å². The van der Waals surface area contributed by atoms with E-state index in [2.05, 4.69) is 15.6 Å². The van der Waals surface area contributed by atoms with Gasteiger partial charge in [0.15, 0.2) is 5.96 Å². The summed E-state index contributed by atoms with van der Waals surface area (Å²) in [6.45, 7) is 2.32. The van der Waals surface area contributed by atoms with E-state index >= 15 is 0 Å². The Hall–Kier alpha value is -1.72. The maximum atomic E-state index is 12.0. The first-order valence-electron chi connectivity index (χ1n) is 5.97. The summed E-state index contributed by atoms with van der Waals surface area (Å²) in [5.74, 6) is 0.366. The fourth-order valence-corrected chi connectivity index (χ4v) is 1.55. The van der Waals surface area contributed by atoms with Crippen LogP contribution in [0.25, 0.3) is 0 Å². The monoisotopic (exact) mass is 273 g/mol. The Morgan fingerprint density at radius 2 is 2.00 bits per heavy atom. The van der Waals surface area contributed by atoms with Crippen LogP contribution in [0, 0.1) is 6.92 Å². The Morgan fingerprint density at radius 1 is 1.26 bits per heavy atom. The zero-order chi connectivity index (χ0) is 14.3. The molecule has 3 nitrogen and oxygen atoms in total. The van der Waals surface area contributed by atoms with Crippen LogP contribution in [0.3, 0.4) is 0 Å². The van der Waals surface area contributed by atoms with Gasteiger partial charge in [0.25, 0.3) is 0 Å². The first kappa shape index (κ1) is 15.3. The first-order chi connectivity index (χ1) is 8.90. The zero-order valence-electron chi connectivity index (χ0n) is 11.0. The van der Waals surface area contributed by atoms with Gasteiger partial charge in [-0.1, -0.05) is 29.8 Å². The molecule has 1 aromatic rings. The van der Waals surface area contributed by atoms with E-state index in [-0.39, 0.29) is 6.54 Å². The van der Waals surface area contributed by atoms with Crippen LogP contribution in [0.1, 0.15) is 17.5 Å². The summed E-state index contributed by atoms with van der Waals surface area (Å²) in [5, 5.41) is 5.60. The van der Waals surface area contributed by atoms with E-state index in [1.54, 1.807) is 0 Å². The molecule has 0 bridgehead atoms. The number of guanidine groups is 1. The highest BCUT2D eigenvalue weighted by atomic mass is 19.4. The maximum absolute atomic E-state index is 12.0. The summed E-state index contributed by atoms with van der Waals surface area (Å²) in [5.41, 5.74) is 2.19. The van der Waals surface area contributed by atoms with Crippen LogP contribution in [0.2, 0.25) is 0 Å². The van der Waals surface area contributed by atoms with Crippen molar-refractivity contribution in [3.8, 4) is 0 Å². The summed E-state index contributed by atoms with van der Waals surface area (Å²) < 4.78 is 36.0. The van der Waals surface area contributed by atoms with Crippen molar-refractivity contribution in [3.63, 3.8) is 0 Å². The molecule has 19 heavy (non-hydrogen) atoms. The SMILES string of the molecule is CN=C(NCCC(F)(F)F)NCc1cccc(C)c1. The van der Waals surface area contributed by atoms with Crippen LogP contribution < -0.4 is 10.6 Å². The minimum atomic E-state index is -4.15. The molecule has 106 valence electrons. The molecule has 0 saturated heterocycles. The molecule has 6 heteroatoms. The Kier molecular flexibility index (Phi) is 5.66. The van der Waals surface area contributed by atoms with Crippen LogP contribution in [0.4, 0.5) is 13.2 Å². The number of nitrogens with zero attached hydrogens (tertiary/aromatic N) is 1. The Balaban J connectivity index is 2.37. The Labute approximate surface area is 110 Å².